The summed E-state index contributed by atoms with van der Waals surface area (Å²) in [6, 6.07) is -0.119. The number of aromatic nitrogens is 2. The molecule has 0 aromatic carbocycles. The van der Waals surface area contributed by atoms with Gasteiger partial charge >= 0.3 is 0 Å². The van der Waals surface area contributed by atoms with Crippen molar-refractivity contribution in [3.05, 3.63) is 47.5 Å². The Bertz CT molecular complexity index is 1040. The van der Waals surface area contributed by atoms with Crippen LogP contribution < -0.4 is 16.1 Å². The number of hydrazine groups is 1. The number of Topliss-reactive ketones (excluding diaryl/α,β-unsaturated/α-hetero) is 1. The first-order valence-electron chi connectivity index (χ1n) is 14.5. The number of aryl methyl sites for hydroxylation is 1. The van der Waals surface area contributed by atoms with E-state index in [4.69, 9.17) is 0 Å². The molecule has 1 aromatic heterocycles. The van der Waals surface area contributed by atoms with E-state index in [1.807, 2.05) is 43.2 Å². The summed E-state index contributed by atoms with van der Waals surface area (Å²) in [5, 5.41) is 13.0. The van der Waals surface area contributed by atoms with Crippen LogP contribution in [0.5, 0.6) is 0 Å². The van der Waals surface area contributed by atoms with Gasteiger partial charge in [-0.2, -0.15) is 5.10 Å². The molecule has 0 radical (unpaired) electrons. The minimum atomic E-state index is -0.190. The Morgan fingerprint density at radius 1 is 1.34 bits per heavy atom. The highest BCUT2D eigenvalue weighted by Crippen LogP contribution is 2.56. The minimum absolute atomic E-state index is 0.0714. The standard InChI is InChI=1S/C30H49N7O/c1-7-37-14-9-26(10-15-37)30(12-13-30)11-8-24-18-28(29(38)17-23(3)34-36(6)21-31-4)33-27(24)16-22(2)25-19-32-35(5)20-25/h8,11,16,19-20,23,26,28,31,33-34H,7,9-10,12-15,17-18,21H2,1-6H3/b11-8+,22-16+. The fraction of sp³-hybridized carbons (Fsp3) is 0.667. The van der Waals surface area contributed by atoms with Crippen molar-refractivity contribution in [1.29, 1.82) is 0 Å². The second-order valence-electron chi connectivity index (χ2n) is 11.8. The third-order valence-corrected chi connectivity index (χ3v) is 8.64. The number of nitrogens with zero attached hydrogens (tertiary/aromatic N) is 4. The highest BCUT2D eigenvalue weighted by Gasteiger charge is 2.47. The molecule has 2 atom stereocenters. The van der Waals surface area contributed by atoms with Crippen molar-refractivity contribution in [2.45, 2.75) is 71.4 Å². The van der Waals surface area contributed by atoms with Gasteiger partial charge in [-0.25, -0.2) is 5.01 Å². The van der Waals surface area contributed by atoms with E-state index in [0.717, 1.165) is 42.4 Å². The summed E-state index contributed by atoms with van der Waals surface area (Å²) in [6.45, 7) is 10.8. The molecular formula is C30H49N7O. The van der Waals surface area contributed by atoms with Gasteiger partial charge in [-0.3, -0.25) is 14.9 Å². The molecule has 1 saturated carbocycles. The average molecular weight is 524 g/mol. The van der Waals surface area contributed by atoms with Crippen LogP contribution in [0, 0.1) is 11.3 Å². The molecule has 1 aliphatic carbocycles. The molecule has 8 heteroatoms. The lowest BCUT2D eigenvalue weighted by molar-refractivity contribution is -0.121. The number of carbonyl (C=O) groups excluding carboxylic acids is 1. The predicted octanol–water partition coefficient (Wildman–Crippen LogP) is 3.47. The summed E-state index contributed by atoms with van der Waals surface area (Å²) in [7, 11) is 5.84. The van der Waals surface area contributed by atoms with Gasteiger partial charge in [0, 0.05) is 50.4 Å². The van der Waals surface area contributed by atoms with Crippen molar-refractivity contribution < 1.29 is 4.79 Å². The summed E-state index contributed by atoms with van der Waals surface area (Å²) in [4.78, 5) is 15.9. The van der Waals surface area contributed by atoms with E-state index in [0.29, 0.717) is 11.8 Å². The molecule has 3 N–H and O–H groups in total. The van der Waals surface area contributed by atoms with Gasteiger partial charge in [-0.1, -0.05) is 19.1 Å². The van der Waals surface area contributed by atoms with E-state index in [-0.39, 0.29) is 17.9 Å². The van der Waals surface area contributed by atoms with Crippen LogP contribution in [0.1, 0.15) is 64.9 Å². The van der Waals surface area contributed by atoms with Gasteiger partial charge in [0.25, 0.3) is 0 Å². The molecule has 210 valence electrons. The van der Waals surface area contributed by atoms with Crippen LogP contribution in [0.3, 0.4) is 0 Å². The van der Waals surface area contributed by atoms with Crippen LogP contribution in [-0.4, -0.2) is 78.0 Å². The second kappa shape index (κ2) is 12.7. The zero-order chi connectivity index (χ0) is 27.3. The zero-order valence-electron chi connectivity index (χ0n) is 24.4. The van der Waals surface area contributed by atoms with Crippen molar-refractivity contribution >= 4 is 11.4 Å². The largest absolute Gasteiger partial charge is 0.375 e. The number of likely N-dealkylation sites (tertiary alicyclic amines) is 1. The van der Waals surface area contributed by atoms with E-state index >= 15 is 0 Å². The lowest BCUT2D eigenvalue weighted by atomic mass is 9.81. The Balaban J connectivity index is 1.48. The molecule has 3 heterocycles. The summed E-state index contributed by atoms with van der Waals surface area (Å²) in [5.74, 6) is 1.04. The number of ketones is 1. The Morgan fingerprint density at radius 2 is 2.08 bits per heavy atom. The van der Waals surface area contributed by atoms with Crippen molar-refractivity contribution in [2.24, 2.45) is 18.4 Å². The first-order valence-corrected chi connectivity index (χ1v) is 14.5. The molecule has 8 nitrogen and oxygen atoms in total. The van der Waals surface area contributed by atoms with Crippen LogP contribution in [0.25, 0.3) is 5.57 Å². The maximum Gasteiger partial charge on any atom is 0.156 e. The molecule has 2 fully saturated rings. The average Bonchev–Trinajstić information content (AvgIpc) is 3.38. The van der Waals surface area contributed by atoms with Crippen LogP contribution in [0.4, 0.5) is 0 Å². The quantitative estimate of drug-likeness (QED) is 0.270. The number of allylic oxidation sites excluding steroid dienone is 4. The number of hydrogen-bond donors (Lipinski definition) is 3. The SMILES string of the molecule is CCN1CCC(C2(/C=C/C3=C(/C=C(\C)c4cnn(C)c4)NC(C(=O)CC(C)NN(C)CNC)C3)CC2)CC1. The molecule has 1 aromatic rings. The molecule has 2 aliphatic heterocycles. The first kappa shape index (κ1) is 28.7. The van der Waals surface area contributed by atoms with Gasteiger partial charge in [0.2, 0.25) is 0 Å². The smallest absolute Gasteiger partial charge is 0.156 e. The van der Waals surface area contributed by atoms with Gasteiger partial charge in [0.05, 0.1) is 18.9 Å². The third-order valence-electron chi connectivity index (χ3n) is 8.64. The maximum absolute atomic E-state index is 13.3. The fourth-order valence-electron chi connectivity index (χ4n) is 6.17. The molecule has 4 rings (SSSR count). The highest BCUT2D eigenvalue weighted by atomic mass is 16.1. The van der Waals surface area contributed by atoms with Crippen LogP contribution in [0.15, 0.2) is 41.9 Å². The maximum atomic E-state index is 13.3. The molecular weight excluding hydrogens is 474 g/mol. The van der Waals surface area contributed by atoms with E-state index in [1.54, 1.807) is 0 Å². The molecule has 38 heavy (non-hydrogen) atoms. The van der Waals surface area contributed by atoms with E-state index in [9.17, 15) is 4.79 Å². The molecule has 0 bridgehead atoms. The fourth-order valence-corrected chi connectivity index (χ4v) is 6.17. The van der Waals surface area contributed by atoms with Crippen LogP contribution in [0.2, 0.25) is 0 Å². The summed E-state index contributed by atoms with van der Waals surface area (Å²) in [6.07, 6.45) is 17.4. The Morgan fingerprint density at radius 3 is 2.68 bits per heavy atom. The Hall–Kier alpha value is -2.26. The van der Waals surface area contributed by atoms with Crippen molar-refractivity contribution in [1.82, 2.24) is 35.7 Å². The Labute approximate surface area is 229 Å². The van der Waals surface area contributed by atoms with Crippen LogP contribution in [-0.2, 0) is 11.8 Å². The number of piperidine rings is 1. The van der Waals surface area contributed by atoms with Crippen molar-refractivity contribution in [2.75, 3.05) is 40.4 Å². The van der Waals surface area contributed by atoms with E-state index in [2.05, 4.69) is 65.1 Å². The lowest BCUT2D eigenvalue weighted by Gasteiger charge is -2.34. The molecule has 3 aliphatic rings. The number of rotatable bonds is 13. The van der Waals surface area contributed by atoms with Crippen molar-refractivity contribution in [3.63, 3.8) is 0 Å². The van der Waals surface area contributed by atoms with Crippen LogP contribution >= 0.6 is 0 Å². The van der Waals surface area contributed by atoms with Gasteiger partial charge in [-0.15, -0.1) is 0 Å². The molecule has 1 saturated heterocycles. The molecule has 0 amide bonds. The van der Waals surface area contributed by atoms with Gasteiger partial charge in [-0.05, 0) is 94.8 Å². The molecule has 0 spiro atoms. The van der Waals surface area contributed by atoms with Crippen molar-refractivity contribution in [3.8, 4) is 0 Å². The van der Waals surface area contributed by atoms with E-state index in [1.165, 1.54) is 44.3 Å². The normalized spacial score (nSPS) is 23.4. The Kier molecular flexibility index (Phi) is 9.63. The number of hydrogen-bond acceptors (Lipinski definition) is 7. The summed E-state index contributed by atoms with van der Waals surface area (Å²) in [5.41, 5.74) is 8.31. The lowest BCUT2D eigenvalue weighted by Crippen LogP contribution is -2.46. The highest BCUT2D eigenvalue weighted by molar-refractivity contribution is 5.86. The molecule has 2 unspecified atom stereocenters. The first-order chi connectivity index (χ1) is 18.2. The van der Waals surface area contributed by atoms with Gasteiger partial charge in [0.15, 0.2) is 5.78 Å². The van der Waals surface area contributed by atoms with Gasteiger partial charge < -0.3 is 15.5 Å². The van der Waals surface area contributed by atoms with Gasteiger partial charge in [0.1, 0.15) is 0 Å². The minimum Gasteiger partial charge on any atom is -0.375 e. The van der Waals surface area contributed by atoms with E-state index < -0.39 is 0 Å². The summed E-state index contributed by atoms with van der Waals surface area (Å²) >= 11 is 0. The number of carbonyl (C=O) groups is 1. The predicted molar refractivity (Wildman–Crippen MR) is 155 cm³/mol. The monoisotopic (exact) mass is 523 g/mol. The number of nitrogens with one attached hydrogen (secondary N) is 3. The third kappa shape index (κ3) is 7.23. The topological polar surface area (TPSA) is 77.5 Å². The summed E-state index contributed by atoms with van der Waals surface area (Å²) < 4.78 is 1.83. The second-order valence-corrected chi connectivity index (χ2v) is 11.8. The zero-order valence-corrected chi connectivity index (χ0v) is 24.4.